The number of carbonyl (C=O) groups excluding carboxylic acids is 1. The van der Waals surface area contributed by atoms with Crippen LogP contribution in [-0.2, 0) is 10.2 Å². The average Bonchev–Trinajstić information content (AvgIpc) is 2.79. The standard InChI is InChI=1S/C28H30FNO2/c1-20(31)18-28(25-6-4-3-5-7-25)16-17-30(27(32)19-28)21(2)22-8-10-23(11-9-22)24-12-14-26(29)15-13-24/h3-15,20-21,31H,16-19H2,1-2H3/t20?,21-,28?/m0/s1. The molecule has 3 aromatic carbocycles. The molecule has 0 radical (unpaired) electrons. The fraction of sp³-hybridized carbons (Fsp3) is 0.321. The van der Waals surface area contributed by atoms with Gasteiger partial charge in [-0.15, -0.1) is 0 Å². The molecule has 1 saturated heterocycles. The summed E-state index contributed by atoms with van der Waals surface area (Å²) < 4.78 is 13.2. The number of piperidine rings is 1. The van der Waals surface area contributed by atoms with Crippen molar-refractivity contribution < 1.29 is 14.3 Å². The van der Waals surface area contributed by atoms with E-state index in [2.05, 4.69) is 19.1 Å². The van der Waals surface area contributed by atoms with Crippen LogP contribution in [0.4, 0.5) is 4.39 Å². The predicted octanol–water partition coefficient (Wildman–Crippen LogP) is 5.89. The van der Waals surface area contributed by atoms with E-state index in [9.17, 15) is 14.3 Å². The molecule has 1 fully saturated rings. The van der Waals surface area contributed by atoms with Crippen molar-refractivity contribution in [1.82, 2.24) is 4.90 Å². The van der Waals surface area contributed by atoms with Gasteiger partial charge in [0.25, 0.3) is 0 Å². The van der Waals surface area contributed by atoms with Gasteiger partial charge in [-0.1, -0.05) is 66.7 Å². The first-order valence-corrected chi connectivity index (χ1v) is 11.3. The molecule has 1 N–H and O–H groups in total. The van der Waals surface area contributed by atoms with Crippen LogP contribution in [0, 0.1) is 5.82 Å². The van der Waals surface area contributed by atoms with Gasteiger partial charge in [0.15, 0.2) is 0 Å². The molecule has 0 aromatic heterocycles. The smallest absolute Gasteiger partial charge is 0.223 e. The third-order valence-corrected chi connectivity index (χ3v) is 6.75. The number of carbonyl (C=O) groups is 1. The van der Waals surface area contributed by atoms with Crippen molar-refractivity contribution >= 4 is 5.91 Å². The van der Waals surface area contributed by atoms with Crippen molar-refractivity contribution in [2.24, 2.45) is 0 Å². The Hall–Kier alpha value is -2.98. The molecule has 0 aliphatic carbocycles. The fourth-order valence-corrected chi connectivity index (χ4v) is 5.02. The lowest BCUT2D eigenvalue weighted by molar-refractivity contribution is -0.138. The van der Waals surface area contributed by atoms with E-state index in [4.69, 9.17) is 0 Å². The SMILES string of the molecule is CC(O)CC1(c2ccccc2)CCN([C@@H](C)c2ccc(-c3ccc(F)cc3)cc2)C(=O)C1. The molecule has 3 aromatic rings. The van der Waals surface area contributed by atoms with Gasteiger partial charge < -0.3 is 10.0 Å². The molecule has 2 unspecified atom stereocenters. The second-order valence-corrected chi connectivity index (χ2v) is 9.02. The highest BCUT2D eigenvalue weighted by molar-refractivity contribution is 5.79. The topological polar surface area (TPSA) is 40.5 Å². The Bertz CT molecular complexity index is 1050. The number of likely N-dealkylation sites (tertiary alicyclic amines) is 1. The third kappa shape index (κ3) is 4.61. The normalized spacial score (nSPS) is 20.8. The molecule has 4 rings (SSSR count). The molecule has 1 heterocycles. The Morgan fingerprint density at radius 1 is 0.938 bits per heavy atom. The van der Waals surface area contributed by atoms with E-state index in [0.29, 0.717) is 19.4 Å². The second kappa shape index (κ2) is 9.25. The largest absolute Gasteiger partial charge is 0.393 e. The number of hydrogen-bond donors (Lipinski definition) is 1. The van der Waals surface area contributed by atoms with Gasteiger partial charge in [0.1, 0.15) is 5.82 Å². The number of nitrogens with zero attached hydrogens (tertiary/aromatic N) is 1. The molecule has 1 amide bonds. The maximum Gasteiger partial charge on any atom is 0.223 e. The summed E-state index contributed by atoms with van der Waals surface area (Å²) in [6.45, 7) is 4.52. The van der Waals surface area contributed by atoms with Crippen molar-refractivity contribution in [1.29, 1.82) is 0 Å². The van der Waals surface area contributed by atoms with Crippen molar-refractivity contribution in [3.8, 4) is 11.1 Å². The average molecular weight is 432 g/mol. The Labute approximate surface area is 189 Å². The van der Waals surface area contributed by atoms with Crippen LogP contribution in [0.1, 0.15) is 50.3 Å². The molecule has 0 saturated carbocycles. The highest BCUT2D eigenvalue weighted by Crippen LogP contribution is 2.42. The van der Waals surface area contributed by atoms with Gasteiger partial charge in [-0.25, -0.2) is 4.39 Å². The molecule has 32 heavy (non-hydrogen) atoms. The maximum atomic E-state index is 13.3. The number of hydrogen-bond acceptors (Lipinski definition) is 2. The first-order valence-electron chi connectivity index (χ1n) is 11.3. The number of aliphatic hydroxyl groups excluding tert-OH is 1. The Morgan fingerprint density at radius 3 is 2.09 bits per heavy atom. The summed E-state index contributed by atoms with van der Waals surface area (Å²) in [5.41, 5.74) is 3.86. The van der Waals surface area contributed by atoms with Crippen LogP contribution in [0.25, 0.3) is 11.1 Å². The minimum Gasteiger partial charge on any atom is -0.393 e. The molecule has 4 heteroatoms. The van der Waals surface area contributed by atoms with Crippen LogP contribution in [0.5, 0.6) is 0 Å². The lowest BCUT2D eigenvalue weighted by atomic mass is 9.69. The summed E-state index contributed by atoms with van der Waals surface area (Å²) in [6, 6.07) is 24.7. The molecule has 1 aliphatic rings. The van der Waals surface area contributed by atoms with Crippen LogP contribution in [0.2, 0.25) is 0 Å². The molecule has 3 nitrogen and oxygen atoms in total. The lowest BCUT2D eigenvalue weighted by Crippen LogP contribution is -2.48. The number of rotatable bonds is 6. The highest BCUT2D eigenvalue weighted by Gasteiger charge is 2.42. The van der Waals surface area contributed by atoms with E-state index in [0.717, 1.165) is 28.7 Å². The summed E-state index contributed by atoms with van der Waals surface area (Å²) in [6.07, 6.45) is 1.34. The minimum absolute atomic E-state index is 0.0370. The summed E-state index contributed by atoms with van der Waals surface area (Å²) in [5.74, 6) is -0.124. The fourth-order valence-electron chi connectivity index (χ4n) is 5.02. The van der Waals surface area contributed by atoms with E-state index in [1.165, 1.54) is 12.1 Å². The van der Waals surface area contributed by atoms with Gasteiger partial charge in [-0.3, -0.25) is 4.79 Å². The van der Waals surface area contributed by atoms with Crippen LogP contribution in [0.15, 0.2) is 78.9 Å². The summed E-state index contributed by atoms with van der Waals surface area (Å²) in [5, 5.41) is 10.2. The number of amides is 1. The Balaban J connectivity index is 1.51. The first-order chi connectivity index (χ1) is 15.4. The lowest BCUT2D eigenvalue weighted by Gasteiger charge is -2.44. The van der Waals surface area contributed by atoms with Gasteiger partial charge in [-0.05, 0) is 61.1 Å². The van der Waals surface area contributed by atoms with Gasteiger partial charge in [0.05, 0.1) is 12.1 Å². The van der Waals surface area contributed by atoms with E-state index >= 15 is 0 Å². The van der Waals surface area contributed by atoms with Crippen molar-refractivity contribution in [3.63, 3.8) is 0 Å². The zero-order valence-corrected chi connectivity index (χ0v) is 18.7. The molecule has 166 valence electrons. The van der Waals surface area contributed by atoms with Gasteiger partial charge >= 0.3 is 0 Å². The number of aliphatic hydroxyl groups is 1. The molecule has 0 bridgehead atoms. The van der Waals surface area contributed by atoms with Crippen LogP contribution >= 0.6 is 0 Å². The van der Waals surface area contributed by atoms with Crippen LogP contribution < -0.4 is 0 Å². The summed E-state index contributed by atoms with van der Waals surface area (Å²) in [4.78, 5) is 15.3. The molecule has 3 atom stereocenters. The van der Waals surface area contributed by atoms with Crippen molar-refractivity contribution in [2.75, 3.05) is 6.54 Å². The highest BCUT2D eigenvalue weighted by atomic mass is 19.1. The van der Waals surface area contributed by atoms with Gasteiger partial charge in [0.2, 0.25) is 5.91 Å². The molecular formula is C28H30FNO2. The van der Waals surface area contributed by atoms with Crippen LogP contribution in [0.3, 0.4) is 0 Å². The predicted molar refractivity (Wildman–Crippen MR) is 126 cm³/mol. The molecular weight excluding hydrogens is 401 g/mol. The third-order valence-electron chi connectivity index (χ3n) is 6.75. The van der Waals surface area contributed by atoms with E-state index in [1.54, 1.807) is 19.1 Å². The van der Waals surface area contributed by atoms with Crippen LogP contribution in [-0.4, -0.2) is 28.6 Å². The first kappa shape index (κ1) is 22.2. The minimum atomic E-state index is -0.467. The second-order valence-electron chi connectivity index (χ2n) is 9.02. The zero-order chi connectivity index (χ0) is 22.7. The van der Waals surface area contributed by atoms with E-state index in [1.807, 2.05) is 47.4 Å². The van der Waals surface area contributed by atoms with E-state index < -0.39 is 6.10 Å². The number of halogens is 1. The van der Waals surface area contributed by atoms with Gasteiger partial charge in [0, 0.05) is 18.4 Å². The molecule has 0 spiro atoms. The molecule has 1 aliphatic heterocycles. The van der Waals surface area contributed by atoms with Crippen molar-refractivity contribution in [3.05, 3.63) is 95.8 Å². The van der Waals surface area contributed by atoms with Crippen molar-refractivity contribution in [2.45, 2.75) is 50.7 Å². The zero-order valence-electron chi connectivity index (χ0n) is 18.7. The quantitative estimate of drug-likeness (QED) is 0.529. The monoisotopic (exact) mass is 431 g/mol. The summed E-state index contributed by atoms with van der Waals surface area (Å²) >= 11 is 0. The Kier molecular flexibility index (Phi) is 6.43. The number of benzene rings is 3. The maximum absolute atomic E-state index is 13.3. The summed E-state index contributed by atoms with van der Waals surface area (Å²) in [7, 11) is 0. The van der Waals surface area contributed by atoms with Gasteiger partial charge in [-0.2, -0.15) is 0 Å². The van der Waals surface area contributed by atoms with E-state index in [-0.39, 0.29) is 23.2 Å². The Morgan fingerprint density at radius 2 is 1.53 bits per heavy atom.